The minimum atomic E-state index is 0.589. The van der Waals surface area contributed by atoms with Crippen molar-refractivity contribution in [2.45, 2.75) is 6.61 Å². The molecule has 14 heavy (non-hydrogen) atoms. The van der Waals surface area contributed by atoms with Crippen LogP contribution in [0.3, 0.4) is 0 Å². The first kappa shape index (κ1) is 8.94. The molecule has 1 aliphatic heterocycles. The van der Waals surface area contributed by atoms with Gasteiger partial charge in [0.25, 0.3) is 0 Å². The van der Waals surface area contributed by atoms with Crippen molar-refractivity contribution >= 4 is 6.08 Å². The van der Waals surface area contributed by atoms with Gasteiger partial charge in [0, 0.05) is 5.56 Å². The van der Waals surface area contributed by atoms with Gasteiger partial charge in [-0.1, -0.05) is 0 Å². The summed E-state index contributed by atoms with van der Waals surface area (Å²) in [7, 11) is 3.26. The summed E-state index contributed by atoms with van der Waals surface area (Å²) < 4.78 is 15.6. The second kappa shape index (κ2) is 3.62. The third kappa shape index (κ3) is 1.41. The molecule has 3 nitrogen and oxygen atoms in total. The number of hydrogen-bond acceptors (Lipinski definition) is 3. The molecule has 74 valence electrons. The first-order valence-electron chi connectivity index (χ1n) is 4.38. The average Bonchev–Trinajstić information content (AvgIpc) is 2.27. The highest BCUT2D eigenvalue weighted by atomic mass is 16.5. The monoisotopic (exact) mass is 192 g/mol. The number of hydrogen-bond donors (Lipinski definition) is 0. The second-order valence-corrected chi connectivity index (χ2v) is 3.02. The van der Waals surface area contributed by atoms with Crippen molar-refractivity contribution < 1.29 is 14.2 Å². The molecule has 0 unspecified atom stereocenters. The summed E-state index contributed by atoms with van der Waals surface area (Å²) >= 11 is 0. The quantitative estimate of drug-likeness (QED) is 0.719. The van der Waals surface area contributed by atoms with Crippen LogP contribution in [0, 0.1) is 0 Å². The van der Waals surface area contributed by atoms with E-state index in [0.717, 1.165) is 22.6 Å². The Morgan fingerprint density at radius 1 is 1.14 bits per heavy atom. The Hall–Kier alpha value is -1.64. The highest BCUT2D eigenvalue weighted by Crippen LogP contribution is 2.32. The summed E-state index contributed by atoms with van der Waals surface area (Å²) in [6, 6.07) is 3.89. The predicted molar refractivity (Wildman–Crippen MR) is 53.4 cm³/mol. The van der Waals surface area contributed by atoms with Crippen molar-refractivity contribution in [3.8, 4) is 11.5 Å². The minimum Gasteiger partial charge on any atom is -0.496 e. The van der Waals surface area contributed by atoms with E-state index in [0.29, 0.717) is 6.61 Å². The molecular formula is C11H12O3. The molecule has 0 radical (unpaired) electrons. The lowest BCUT2D eigenvalue weighted by molar-refractivity contribution is 0.233. The van der Waals surface area contributed by atoms with E-state index in [9.17, 15) is 0 Å². The Morgan fingerprint density at radius 2 is 1.86 bits per heavy atom. The molecule has 0 spiro atoms. The Labute approximate surface area is 82.9 Å². The highest BCUT2D eigenvalue weighted by molar-refractivity contribution is 5.60. The van der Waals surface area contributed by atoms with Crippen LogP contribution in [0.5, 0.6) is 11.5 Å². The summed E-state index contributed by atoms with van der Waals surface area (Å²) in [6.45, 7) is 0.589. The van der Waals surface area contributed by atoms with Crippen molar-refractivity contribution in [2.75, 3.05) is 14.2 Å². The van der Waals surface area contributed by atoms with Crippen LogP contribution in [0.2, 0.25) is 0 Å². The van der Waals surface area contributed by atoms with E-state index in [2.05, 4.69) is 0 Å². The van der Waals surface area contributed by atoms with Gasteiger partial charge in [0.15, 0.2) is 11.5 Å². The number of methoxy groups -OCH3 is 2. The Morgan fingerprint density at radius 3 is 2.57 bits per heavy atom. The van der Waals surface area contributed by atoms with Crippen molar-refractivity contribution in [1.82, 2.24) is 0 Å². The van der Waals surface area contributed by atoms with Gasteiger partial charge in [0.05, 0.1) is 20.5 Å². The van der Waals surface area contributed by atoms with Gasteiger partial charge in [-0.3, -0.25) is 0 Å². The molecule has 0 fully saturated rings. The lowest BCUT2D eigenvalue weighted by Gasteiger charge is -2.15. The summed E-state index contributed by atoms with van der Waals surface area (Å²) in [5, 5.41) is 0. The molecule has 1 aromatic rings. The van der Waals surface area contributed by atoms with Crippen molar-refractivity contribution in [3.05, 3.63) is 29.5 Å². The van der Waals surface area contributed by atoms with E-state index < -0.39 is 0 Å². The molecule has 0 N–H and O–H groups in total. The third-order valence-electron chi connectivity index (χ3n) is 2.23. The molecule has 3 heteroatoms. The van der Waals surface area contributed by atoms with Gasteiger partial charge in [0.2, 0.25) is 0 Å². The molecule has 1 aliphatic rings. The summed E-state index contributed by atoms with van der Waals surface area (Å²) in [5.41, 5.74) is 2.24. The van der Waals surface area contributed by atoms with E-state index in [1.165, 1.54) is 0 Å². The van der Waals surface area contributed by atoms with Crippen molar-refractivity contribution in [1.29, 1.82) is 0 Å². The van der Waals surface area contributed by atoms with E-state index in [1.807, 2.05) is 18.2 Å². The average molecular weight is 192 g/mol. The lowest BCUT2D eigenvalue weighted by Crippen LogP contribution is -1.99. The van der Waals surface area contributed by atoms with Crippen LogP contribution in [0.25, 0.3) is 6.08 Å². The van der Waals surface area contributed by atoms with Gasteiger partial charge < -0.3 is 14.2 Å². The Balaban J connectivity index is 2.50. The maximum atomic E-state index is 5.20. The molecule has 0 bridgehead atoms. The van der Waals surface area contributed by atoms with E-state index in [1.54, 1.807) is 20.5 Å². The number of benzene rings is 1. The third-order valence-corrected chi connectivity index (χ3v) is 2.23. The Bertz CT molecular complexity index is 369. The molecule has 0 saturated heterocycles. The van der Waals surface area contributed by atoms with Crippen molar-refractivity contribution in [3.63, 3.8) is 0 Å². The normalized spacial score (nSPS) is 13.0. The van der Waals surface area contributed by atoms with E-state index in [-0.39, 0.29) is 0 Å². The van der Waals surface area contributed by atoms with E-state index >= 15 is 0 Å². The zero-order valence-corrected chi connectivity index (χ0v) is 8.24. The van der Waals surface area contributed by atoms with Crippen LogP contribution in [-0.4, -0.2) is 14.2 Å². The van der Waals surface area contributed by atoms with Gasteiger partial charge in [-0.25, -0.2) is 0 Å². The summed E-state index contributed by atoms with van der Waals surface area (Å²) in [6.07, 6.45) is 3.61. The summed E-state index contributed by atoms with van der Waals surface area (Å²) in [4.78, 5) is 0. The molecule has 1 aromatic carbocycles. The molecule has 0 amide bonds. The summed E-state index contributed by atoms with van der Waals surface area (Å²) in [5.74, 6) is 1.49. The molecule has 0 atom stereocenters. The number of ether oxygens (including phenoxy) is 3. The fourth-order valence-electron chi connectivity index (χ4n) is 1.48. The maximum Gasteiger partial charge on any atom is 0.161 e. The minimum absolute atomic E-state index is 0.589. The predicted octanol–water partition coefficient (Wildman–Crippen LogP) is 2.20. The first-order valence-corrected chi connectivity index (χ1v) is 4.38. The van der Waals surface area contributed by atoms with Crippen LogP contribution >= 0.6 is 0 Å². The van der Waals surface area contributed by atoms with Gasteiger partial charge in [-0.15, -0.1) is 0 Å². The fourth-order valence-corrected chi connectivity index (χ4v) is 1.48. The molecule has 0 saturated carbocycles. The number of rotatable bonds is 2. The zero-order valence-electron chi connectivity index (χ0n) is 8.24. The largest absolute Gasteiger partial charge is 0.496 e. The van der Waals surface area contributed by atoms with Gasteiger partial charge >= 0.3 is 0 Å². The van der Waals surface area contributed by atoms with E-state index in [4.69, 9.17) is 14.2 Å². The van der Waals surface area contributed by atoms with Crippen LogP contribution in [0.1, 0.15) is 11.1 Å². The van der Waals surface area contributed by atoms with Crippen LogP contribution < -0.4 is 9.47 Å². The molecule has 0 aromatic heterocycles. The van der Waals surface area contributed by atoms with Crippen molar-refractivity contribution in [2.24, 2.45) is 0 Å². The molecule has 0 aliphatic carbocycles. The maximum absolute atomic E-state index is 5.20. The van der Waals surface area contributed by atoms with Gasteiger partial charge in [-0.05, 0) is 23.8 Å². The molecule has 2 rings (SSSR count). The second-order valence-electron chi connectivity index (χ2n) is 3.02. The standard InChI is InChI=1S/C11H12O3/c1-12-10-5-8-3-4-14-7-9(8)6-11(10)13-2/h3-6H,7H2,1-2H3. The highest BCUT2D eigenvalue weighted by Gasteiger charge is 2.11. The zero-order chi connectivity index (χ0) is 9.97. The van der Waals surface area contributed by atoms with Crippen LogP contribution in [0.4, 0.5) is 0 Å². The smallest absolute Gasteiger partial charge is 0.161 e. The van der Waals surface area contributed by atoms with Gasteiger partial charge in [0.1, 0.15) is 6.61 Å². The fraction of sp³-hybridized carbons (Fsp3) is 0.273. The van der Waals surface area contributed by atoms with Crippen LogP contribution in [-0.2, 0) is 11.3 Å². The molecular weight excluding hydrogens is 180 g/mol. The van der Waals surface area contributed by atoms with Crippen LogP contribution in [0.15, 0.2) is 18.4 Å². The van der Waals surface area contributed by atoms with Gasteiger partial charge in [-0.2, -0.15) is 0 Å². The topological polar surface area (TPSA) is 27.7 Å². The first-order chi connectivity index (χ1) is 6.85. The lowest BCUT2D eigenvalue weighted by atomic mass is 10.1. The SMILES string of the molecule is COc1cc2c(cc1OC)COC=C2. The molecule has 1 heterocycles. The number of fused-ring (bicyclic) bond motifs is 1. The Kier molecular flexibility index (Phi) is 2.31.